The molecule has 0 unspecified atom stereocenters. The van der Waals surface area contributed by atoms with Gasteiger partial charge in [0.05, 0.1) is 11.1 Å². The maximum Gasteiger partial charge on any atom is 0.263 e. The van der Waals surface area contributed by atoms with Crippen LogP contribution < -0.4 is 10.6 Å². The number of aryl methyl sites for hydroxylation is 1. The molecule has 102 valence electrons. The normalized spacial score (nSPS) is 10.7. The highest BCUT2D eigenvalue weighted by molar-refractivity contribution is 7.21. The molecule has 2 aromatic rings. The van der Waals surface area contributed by atoms with Crippen LogP contribution in [0.25, 0.3) is 10.2 Å². The number of nitrogens with one attached hydrogen (secondary N) is 2. The molecule has 0 aromatic carbocycles. The smallest absolute Gasteiger partial charge is 0.263 e. The Kier molecular flexibility index (Phi) is 3.99. The molecule has 4 nitrogen and oxygen atoms in total. The zero-order valence-electron chi connectivity index (χ0n) is 11.1. The molecule has 1 amide bonds. The number of hydrogen-bond acceptors (Lipinski definition) is 4. The minimum Gasteiger partial charge on any atom is -0.386 e. The topological polar surface area (TPSA) is 54.0 Å². The lowest BCUT2D eigenvalue weighted by molar-refractivity contribution is 0.0958. The zero-order valence-corrected chi connectivity index (χ0v) is 11.9. The molecule has 2 heterocycles. The first-order valence-corrected chi connectivity index (χ1v) is 6.95. The summed E-state index contributed by atoms with van der Waals surface area (Å²) < 4.78 is 14.0. The Labute approximate surface area is 115 Å². The number of fused-ring (bicyclic) bond motifs is 1. The van der Waals surface area contributed by atoms with Crippen molar-refractivity contribution in [2.75, 3.05) is 18.9 Å². The fourth-order valence-electron chi connectivity index (χ4n) is 1.88. The highest BCUT2D eigenvalue weighted by Crippen LogP contribution is 2.36. The molecule has 0 saturated heterocycles. The van der Waals surface area contributed by atoms with Gasteiger partial charge in [0.25, 0.3) is 5.91 Å². The molecule has 0 aliphatic rings. The van der Waals surface area contributed by atoms with Gasteiger partial charge in [0.15, 0.2) is 0 Å². The van der Waals surface area contributed by atoms with Crippen molar-refractivity contribution in [1.82, 2.24) is 10.3 Å². The third-order valence-electron chi connectivity index (χ3n) is 2.73. The van der Waals surface area contributed by atoms with E-state index in [1.165, 1.54) is 17.4 Å². The van der Waals surface area contributed by atoms with Crippen molar-refractivity contribution in [1.29, 1.82) is 0 Å². The molecular formula is C13H16FN3OS. The Morgan fingerprint density at radius 1 is 1.53 bits per heavy atom. The van der Waals surface area contributed by atoms with Gasteiger partial charge in [-0.1, -0.05) is 6.92 Å². The summed E-state index contributed by atoms with van der Waals surface area (Å²) in [6, 6.07) is 1.38. The van der Waals surface area contributed by atoms with E-state index in [-0.39, 0.29) is 11.7 Å². The minimum absolute atomic E-state index is 0.189. The van der Waals surface area contributed by atoms with E-state index in [0.29, 0.717) is 33.0 Å². The Bertz CT molecular complexity index is 624. The molecular weight excluding hydrogens is 265 g/mol. The summed E-state index contributed by atoms with van der Waals surface area (Å²) in [4.78, 5) is 17.4. The summed E-state index contributed by atoms with van der Waals surface area (Å²) in [6.45, 7) is 4.32. The fourth-order valence-corrected chi connectivity index (χ4v) is 3.04. The van der Waals surface area contributed by atoms with Gasteiger partial charge in [-0.25, -0.2) is 9.37 Å². The summed E-state index contributed by atoms with van der Waals surface area (Å²) in [5, 5.41) is 6.09. The number of carbonyl (C=O) groups excluding carboxylic acids is 1. The summed E-state index contributed by atoms with van der Waals surface area (Å²) in [7, 11) is 1.68. The van der Waals surface area contributed by atoms with E-state index in [4.69, 9.17) is 0 Å². The number of pyridine rings is 1. The molecule has 19 heavy (non-hydrogen) atoms. The first-order valence-electron chi connectivity index (χ1n) is 6.14. The van der Waals surface area contributed by atoms with Gasteiger partial charge in [-0.2, -0.15) is 0 Å². The standard InChI is InChI=1S/C13H16FN3OS/c1-4-5-16-12(18)11-10(15-3)9-8(14)6-7(2)17-13(9)19-11/h6,15H,4-5H2,1-3H3,(H,16,18). The molecule has 2 N–H and O–H groups in total. The summed E-state index contributed by atoms with van der Waals surface area (Å²) in [5.41, 5.74) is 1.12. The Hall–Kier alpha value is -1.69. The second-order valence-corrected chi connectivity index (χ2v) is 5.24. The molecule has 0 fully saturated rings. The van der Waals surface area contributed by atoms with Crippen molar-refractivity contribution >= 4 is 33.1 Å². The lowest BCUT2D eigenvalue weighted by Gasteiger charge is -2.04. The van der Waals surface area contributed by atoms with Crippen LogP contribution in [0.2, 0.25) is 0 Å². The number of halogens is 1. The average Bonchev–Trinajstić information content (AvgIpc) is 2.74. The highest BCUT2D eigenvalue weighted by atomic mass is 32.1. The fraction of sp³-hybridized carbons (Fsp3) is 0.385. The predicted molar refractivity (Wildman–Crippen MR) is 76.5 cm³/mol. The van der Waals surface area contributed by atoms with Crippen LogP contribution in [0.1, 0.15) is 28.7 Å². The van der Waals surface area contributed by atoms with E-state index in [0.717, 1.165) is 6.42 Å². The Morgan fingerprint density at radius 2 is 2.26 bits per heavy atom. The molecule has 0 bridgehead atoms. The van der Waals surface area contributed by atoms with E-state index in [1.54, 1.807) is 14.0 Å². The molecule has 0 aliphatic carbocycles. The number of thiophene rings is 1. The molecule has 0 spiro atoms. The van der Waals surface area contributed by atoms with E-state index in [1.807, 2.05) is 6.92 Å². The third kappa shape index (κ3) is 2.53. The van der Waals surface area contributed by atoms with Gasteiger partial charge in [0.2, 0.25) is 0 Å². The van der Waals surface area contributed by atoms with Crippen molar-refractivity contribution in [2.24, 2.45) is 0 Å². The zero-order chi connectivity index (χ0) is 14.0. The minimum atomic E-state index is -0.349. The summed E-state index contributed by atoms with van der Waals surface area (Å²) in [6.07, 6.45) is 0.858. The van der Waals surface area contributed by atoms with Crippen LogP contribution in [-0.4, -0.2) is 24.5 Å². The van der Waals surface area contributed by atoms with Gasteiger partial charge in [-0.3, -0.25) is 4.79 Å². The van der Waals surface area contributed by atoms with Crippen molar-refractivity contribution in [3.05, 3.63) is 22.5 Å². The van der Waals surface area contributed by atoms with Crippen molar-refractivity contribution in [2.45, 2.75) is 20.3 Å². The van der Waals surface area contributed by atoms with Crippen LogP contribution in [0.5, 0.6) is 0 Å². The number of anilines is 1. The number of hydrogen-bond donors (Lipinski definition) is 2. The number of rotatable bonds is 4. The monoisotopic (exact) mass is 281 g/mol. The number of nitrogens with zero attached hydrogens (tertiary/aromatic N) is 1. The maximum atomic E-state index is 14.0. The molecule has 0 aliphatic heterocycles. The molecule has 2 rings (SSSR count). The average molecular weight is 281 g/mol. The SMILES string of the molecule is CCCNC(=O)c1sc2nc(C)cc(F)c2c1NC. The van der Waals surface area contributed by atoms with Crippen LogP contribution in [-0.2, 0) is 0 Å². The van der Waals surface area contributed by atoms with Crippen molar-refractivity contribution in [3.8, 4) is 0 Å². The lowest BCUT2D eigenvalue weighted by Crippen LogP contribution is -2.23. The summed E-state index contributed by atoms with van der Waals surface area (Å²) >= 11 is 1.21. The highest BCUT2D eigenvalue weighted by Gasteiger charge is 2.21. The largest absolute Gasteiger partial charge is 0.386 e. The second-order valence-electron chi connectivity index (χ2n) is 4.24. The summed E-state index contributed by atoms with van der Waals surface area (Å²) in [5.74, 6) is -0.538. The predicted octanol–water partition coefficient (Wildman–Crippen LogP) is 2.93. The van der Waals surface area contributed by atoms with E-state index < -0.39 is 0 Å². The number of carbonyl (C=O) groups is 1. The van der Waals surface area contributed by atoms with Crippen LogP contribution in [0.3, 0.4) is 0 Å². The number of aromatic nitrogens is 1. The van der Waals surface area contributed by atoms with Gasteiger partial charge in [-0.15, -0.1) is 11.3 Å². The Balaban J connectivity index is 2.56. The van der Waals surface area contributed by atoms with Crippen molar-refractivity contribution < 1.29 is 9.18 Å². The van der Waals surface area contributed by atoms with E-state index >= 15 is 0 Å². The van der Waals surface area contributed by atoms with Gasteiger partial charge in [-0.05, 0) is 19.4 Å². The molecule has 2 aromatic heterocycles. The first kappa shape index (κ1) is 13.7. The molecule has 0 saturated carbocycles. The second kappa shape index (κ2) is 5.52. The number of amides is 1. The molecule has 0 radical (unpaired) electrons. The Morgan fingerprint density at radius 3 is 2.89 bits per heavy atom. The van der Waals surface area contributed by atoms with E-state index in [9.17, 15) is 9.18 Å². The lowest BCUT2D eigenvalue weighted by atomic mass is 10.2. The van der Waals surface area contributed by atoms with Crippen LogP contribution in [0.15, 0.2) is 6.07 Å². The van der Waals surface area contributed by atoms with Gasteiger partial charge in [0, 0.05) is 19.3 Å². The van der Waals surface area contributed by atoms with Crippen molar-refractivity contribution in [3.63, 3.8) is 0 Å². The maximum absolute atomic E-state index is 14.0. The van der Waals surface area contributed by atoms with Crippen LogP contribution >= 0.6 is 11.3 Å². The van der Waals surface area contributed by atoms with E-state index in [2.05, 4.69) is 15.6 Å². The van der Waals surface area contributed by atoms with Gasteiger partial charge >= 0.3 is 0 Å². The quantitative estimate of drug-likeness (QED) is 0.906. The first-order chi connectivity index (χ1) is 9.08. The van der Waals surface area contributed by atoms with Gasteiger partial charge < -0.3 is 10.6 Å². The third-order valence-corrected chi connectivity index (χ3v) is 3.82. The molecule has 0 atom stereocenters. The molecule has 6 heteroatoms. The van der Waals surface area contributed by atoms with Crippen LogP contribution in [0, 0.1) is 12.7 Å². The van der Waals surface area contributed by atoms with Crippen LogP contribution in [0.4, 0.5) is 10.1 Å². The van der Waals surface area contributed by atoms with Gasteiger partial charge in [0.1, 0.15) is 15.5 Å².